The maximum absolute atomic E-state index is 11.1. The lowest BCUT2D eigenvalue weighted by Gasteiger charge is -2.05. The fraction of sp³-hybridized carbons (Fsp3) is 0.250. The number of hydrogen-bond acceptors (Lipinski definition) is 5. The van der Waals surface area contributed by atoms with Gasteiger partial charge < -0.3 is 14.6 Å². The van der Waals surface area contributed by atoms with Gasteiger partial charge in [-0.05, 0) is 31.2 Å². The van der Waals surface area contributed by atoms with Crippen molar-refractivity contribution in [3.05, 3.63) is 34.6 Å². The molecule has 0 spiro atoms. The largest absolute Gasteiger partial charge is 0.444 e. The molecular weight excluding hydrogens is 314 g/mol. The molecule has 1 saturated heterocycles. The van der Waals surface area contributed by atoms with Crippen molar-refractivity contribution in [2.45, 2.75) is 19.1 Å². The van der Waals surface area contributed by atoms with Crippen LogP contribution in [0.25, 0.3) is 11.4 Å². The van der Waals surface area contributed by atoms with Gasteiger partial charge in [0.05, 0.1) is 0 Å². The van der Waals surface area contributed by atoms with E-state index in [1.54, 1.807) is 6.92 Å². The Morgan fingerprint density at radius 2 is 2.05 bits per heavy atom. The minimum Gasteiger partial charge on any atom is -0.444 e. The number of carbonyl (C=O) groups is 1. The predicted octanol–water partition coefficient (Wildman–Crippen LogP) is 2.67. The van der Waals surface area contributed by atoms with E-state index in [0.29, 0.717) is 11.7 Å². The summed E-state index contributed by atoms with van der Waals surface area (Å²) in [6.07, 6.45) is -0.799. The molecule has 0 aliphatic carbocycles. The molecule has 1 aliphatic heterocycles. The molecule has 2 atom stereocenters. The van der Waals surface area contributed by atoms with Gasteiger partial charge in [0.25, 0.3) is 5.89 Å². The SMILES string of the molecule is CC1OC(=O)NC1c1nc(-c2ccc(Br)cc2)no1. The zero-order valence-corrected chi connectivity index (χ0v) is 11.5. The second-order valence-electron chi connectivity index (χ2n) is 4.20. The van der Waals surface area contributed by atoms with Crippen molar-refractivity contribution in [3.63, 3.8) is 0 Å². The van der Waals surface area contributed by atoms with Gasteiger partial charge in [0.1, 0.15) is 12.1 Å². The lowest BCUT2D eigenvalue weighted by molar-refractivity contribution is 0.137. The van der Waals surface area contributed by atoms with Crippen molar-refractivity contribution < 1.29 is 14.1 Å². The normalized spacial score (nSPS) is 22.1. The minimum absolute atomic E-state index is 0.328. The lowest BCUT2D eigenvalue weighted by atomic mass is 10.2. The molecule has 2 aromatic rings. The molecule has 0 saturated carbocycles. The highest BCUT2D eigenvalue weighted by atomic mass is 79.9. The topological polar surface area (TPSA) is 77.2 Å². The first-order chi connectivity index (χ1) is 9.13. The van der Waals surface area contributed by atoms with E-state index in [9.17, 15) is 4.79 Å². The summed E-state index contributed by atoms with van der Waals surface area (Å²) in [6, 6.07) is 7.16. The molecule has 7 heteroatoms. The number of carbonyl (C=O) groups excluding carboxylic acids is 1. The molecule has 19 heavy (non-hydrogen) atoms. The van der Waals surface area contributed by atoms with E-state index < -0.39 is 12.1 Å². The molecule has 1 fully saturated rings. The van der Waals surface area contributed by atoms with Crippen LogP contribution < -0.4 is 5.32 Å². The fourth-order valence-electron chi connectivity index (χ4n) is 1.86. The first-order valence-corrected chi connectivity index (χ1v) is 6.49. The number of nitrogens with zero attached hydrogens (tertiary/aromatic N) is 2. The third-order valence-electron chi connectivity index (χ3n) is 2.85. The van der Waals surface area contributed by atoms with Crippen molar-refractivity contribution >= 4 is 22.0 Å². The molecule has 0 radical (unpaired) electrons. The van der Waals surface area contributed by atoms with Crippen LogP contribution in [-0.4, -0.2) is 22.3 Å². The number of benzene rings is 1. The molecule has 2 unspecified atom stereocenters. The number of rotatable bonds is 2. The zero-order chi connectivity index (χ0) is 13.4. The Morgan fingerprint density at radius 1 is 1.32 bits per heavy atom. The Bertz CT molecular complexity index is 611. The van der Waals surface area contributed by atoms with Gasteiger partial charge in [0, 0.05) is 10.0 Å². The third kappa shape index (κ3) is 2.33. The number of amides is 1. The molecule has 98 valence electrons. The molecule has 6 nitrogen and oxygen atoms in total. The number of alkyl carbamates (subject to hydrolysis) is 1. The standard InChI is InChI=1S/C12H10BrN3O3/c1-6-9(14-12(17)18-6)11-15-10(16-19-11)7-2-4-8(13)5-3-7/h2-6,9H,1H3,(H,14,17). The Kier molecular flexibility index (Phi) is 2.98. The fourth-order valence-corrected chi connectivity index (χ4v) is 2.12. The Morgan fingerprint density at radius 3 is 2.68 bits per heavy atom. The minimum atomic E-state index is -0.471. The summed E-state index contributed by atoms with van der Waals surface area (Å²) in [4.78, 5) is 15.4. The number of cyclic esters (lactones) is 1. The summed E-state index contributed by atoms with van der Waals surface area (Å²) >= 11 is 3.36. The van der Waals surface area contributed by atoms with Gasteiger partial charge in [0.15, 0.2) is 0 Å². The summed E-state index contributed by atoms with van der Waals surface area (Å²) in [5.41, 5.74) is 0.844. The third-order valence-corrected chi connectivity index (χ3v) is 3.37. The van der Waals surface area contributed by atoms with E-state index in [4.69, 9.17) is 9.26 Å². The van der Waals surface area contributed by atoms with Crippen LogP contribution in [-0.2, 0) is 4.74 Å². The van der Waals surface area contributed by atoms with Crippen LogP contribution >= 0.6 is 15.9 Å². The zero-order valence-electron chi connectivity index (χ0n) is 9.96. The second kappa shape index (κ2) is 4.65. The van der Waals surface area contributed by atoms with Crippen LogP contribution in [0.4, 0.5) is 4.79 Å². The maximum atomic E-state index is 11.1. The number of ether oxygens (including phenoxy) is 1. The summed E-state index contributed by atoms with van der Waals surface area (Å²) < 4.78 is 11.1. The van der Waals surface area contributed by atoms with Crippen LogP contribution in [0.3, 0.4) is 0 Å². The van der Waals surface area contributed by atoms with Crippen molar-refractivity contribution in [2.24, 2.45) is 0 Å². The van der Waals surface area contributed by atoms with Crippen molar-refractivity contribution in [2.75, 3.05) is 0 Å². The summed E-state index contributed by atoms with van der Waals surface area (Å²) in [6.45, 7) is 1.77. The molecule has 0 bridgehead atoms. The lowest BCUT2D eigenvalue weighted by Crippen LogP contribution is -2.21. The van der Waals surface area contributed by atoms with Crippen LogP contribution in [0.2, 0.25) is 0 Å². The first-order valence-electron chi connectivity index (χ1n) is 5.70. The molecule has 1 amide bonds. The molecule has 1 aromatic heterocycles. The van der Waals surface area contributed by atoms with Gasteiger partial charge in [-0.2, -0.15) is 4.98 Å². The number of hydrogen-bond donors (Lipinski definition) is 1. The van der Waals surface area contributed by atoms with E-state index in [1.807, 2.05) is 24.3 Å². The maximum Gasteiger partial charge on any atom is 0.408 e. The van der Waals surface area contributed by atoms with Gasteiger partial charge in [-0.15, -0.1) is 0 Å². The molecular formula is C12H10BrN3O3. The average Bonchev–Trinajstić information content (AvgIpc) is 2.97. The highest BCUT2D eigenvalue weighted by molar-refractivity contribution is 9.10. The average molecular weight is 324 g/mol. The molecule has 2 heterocycles. The van der Waals surface area contributed by atoms with Gasteiger partial charge in [-0.25, -0.2) is 4.79 Å². The van der Waals surface area contributed by atoms with Crippen molar-refractivity contribution in [1.82, 2.24) is 15.5 Å². The van der Waals surface area contributed by atoms with Gasteiger partial charge in [-0.3, -0.25) is 0 Å². The van der Waals surface area contributed by atoms with Crippen molar-refractivity contribution in [1.29, 1.82) is 0 Å². The monoisotopic (exact) mass is 323 g/mol. The van der Waals surface area contributed by atoms with Gasteiger partial charge >= 0.3 is 6.09 Å². The van der Waals surface area contributed by atoms with Crippen LogP contribution in [0.1, 0.15) is 18.9 Å². The quantitative estimate of drug-likeness (QED) is 0.919. The van der Waals surface area contributed by atoms with E-state index in [2.05, 4.69) is 31.4 Å². The highest BCUT2D eigenvalue weighted by Crippen LogP contribution is 2.25. The van der Waals surface area contributed by atoms with E-state index >= 15 is 0 Å². The molecule has 1 aliphatic rings. The van der Waals surface area contributed by atoms with Crippen LogP contribution in [0.15, 0.2) is 33.3 Å². The number of nitrogens with one attached hydrogen (secondary N) is 1. The Hall–Kier alpha value is -1.89. The predicted molar refractivity (Wildman–Crippen MR) is 69.3 cm³/mol. The molecule has 1 aromatic carbocycles. The molecule has 3 rings (SSSR count). The second-order valence-corrected chi connectivity index (χ2v) is 5.11. The van der Waals surface area contributed by atoms with Crippen LogP contribution in [0, 0.1) is 0 Å². The van der Waals surface area contributed by atoms with Crippen molar-refractivity contribution in [3.8, 4) is 11.4 Å². The first kappa shape index (κ1) is 12.2. The summed E-state index contributed by atoms with van der Waals surface area (Å²) in [5, 5.41) is 6.54. The van der Waals surface area contributed by atoms with Gasteiger partial charge in [0.2, 0.25) is 5.82 Å². The highest BCUT2D eigenvalue weighted by Gasteiger charge is 2.36. The smallest absolute Gasteiger partial charge is 0.408 e. The van der Waals surface area contributed by atoms with E-state index in [-0.39, 0.29) is 6.10 Å². The summed E-state index contributed by atoms with van der Waals surface area (Å²) in [5.74, 6) is 0.826. The molecule has 1 N–H and O–H groups in total. The van der Waals surface area contributed by atoms with E-state index in [0.717, 1.165) is 10.0 Å². The Balaban J connectivity index is 1.87. The number of halogens is 1. The van der Waals surface area contributed by atoms with Gasteiger partial charge in [-0.1, -0.05) is 21.1 Å². The Labute approximate surface area is 117 Å². The summed E-state index contributed by atoms with van der Waals surface area (Å²) in [7, 11) is 0. The number of aromatic nitrogens is 2. The van der Waals surface area contributed by atoms with E-state index in [1.165, 1.54) is 0 Å². The van der Waals surface area contributed by atoms with Crippen LogP contribution in [0.5, 0.6) is 0 Å².